The molecule has 0 saturated carbocycles. The zero-order valence-electron chi connectivity index (χ0n) is 37.7. The average Bonchev–Trinajstić information content (AvgIpc) is 2.96. The summed E-state index contributed by atoms with van der Waals surface area (Å²) >= 11 is 0. The van der Waals surface area contributed by atoms with Crippen molar-refractivity contribution in [1.29, 1.82) is 0 Å². The summed E-state index contributed by atoms with van der Waals surface area (Å²) in [7, 11) is -32.3. The molecule has 1 unspecified atom stereocenters. The van der Waals surface area contributed by atoms with E-state index < -0.39 is 115 Å². The molecule has 0 aliphatic carbocycles. The third-order valence-corrected chi connectivity index (χ3v) is 44.8. The first kappa shape index (κ1) is 56.3. The minimum Gasteiger partial charge on any atom is -0.456 e. The van der Waals surface area contributed by atoms with Crippen molar-refractivity contribution in [2.75, 3.05) is 0 Å². The van der Waals surface area contributed by atoms with Gasteiger partial charge in [0.2, 0.25) is 0 Å². The summed E-state index contributed by atoms with van der Waals surface area (Å²) < 4.78 is 155. The largest absolute Gasteiger partial charge is 0.498 e. The van der Waals surface area contributed by atoms with Gasteiger partial charge in [-0.3, -0.25) is 0 Å². The van der Waals surface area contributed by atoms with Crippen molar-refractivity contribution >= 4 is 91.4 Å². The highest BCUT2D eigenvalue weighted by Crippen LogP contribution is 2.40. The van der Waals surface area contributed by atoms with Crippen LogP contribution in [0, 0.1) is 0 Å². The van der Waals surface area contributed by atoms with Crippen LogP contribution < -0.4 is 5.19 Å². The molecule has 1 aromatic rings. The number of alkyl halides is 6. The highest BCUT2D eigenvalue weighted by atomic mass is 32.3. The monoisotopic (exact) mass is 1010 g/mol. The molecule has 0 heterocycles. The molecule has 58 heavy (non-hydrogen) atoms. The van der Waals surface area contributed by atoms with Crippen LogP contribution in [0.3, 0.4) is 0 Å². The van der Waals surface area contributed by atoms with Gasteiger partial charge in [-0.15, -0.1) is 0 Å². The fraction of sp³-hybridized carbons (Fsp3) is 0.824. The molecule has 0 saturated heterocycles. The molecule has 0 amide bonds. The van der Waals surface area contributed by atoms with E-state index in [1.807, 2.05) is 44.4 Å². The second kappa shape index (κ2) is 19.6. The van der Waals surface area contributed by atoms with Crippen molar-refractivity contribution in [3.8, 4) is 0 Å². The molecular weight excluding hydrogens is 939 g/mol. The first-order chi connectivity index (χ1) is 25.4. The molecule has 1 aromatic carbocycles. The number of halogens is 6. The van der Waals surface area contributed by atoms with Crippen LogP contribution in [-0.4, -0.2) is 99.0 Å². The molecule has 0 radical (unpaired) electrons. The average molecular weight is 1010 g/mol. The van der Waals surface area contributed by atoms with Crippen LogP contribution in [0.25, 0.3) is 0 Å². The van der Waals surface area contributed by atoms with E-state index in [-0.39, 0.29) is 6.04 Å². The zero-order chi connectivity index (χ0) is 45.9. The van der Waals surface area contributed by atoms with Crippen molar-refractivity contribution < 1.29 is 59.6 Å². The Hall–Kier alpha value is 0.275. The van der Waals surface area contributed by atoms with Crippen LogP contribution in [0.15, 0.2) is 30.3 Å². The molecule has 1 rings (SSSR count). The minimum absolute atomic E-state index is 0.190. The molecule has 0 aromatic heterocycles. The van der Waals surface area contributed by atoms with Gasteiger partial charge in [0, 0.05) is 0 Å². The van der Waals surface area contributed by atoms with Crippen molar-refractivity contribution in [3.63, 3.8) is 0 Å². The van der Waals surface area contributed by atoms with E-state index in [4.69, 9.17) is 16.5 Å². The number of hydrogen-bond donors (Lipinski definition) is 0. The lowest BCUT2D eigenvalue weighted by atomic mass is 10.4. The Morgan fingerprint density at radius 3 is 1.10 bits per heavy atom. The van der Waals surface area contributed by atoms with Gasteiger partial charge in [-0.1, -0.05) is 54.2 Å². The topological polar surface area (TPSA) is 105 Å². The Morgan fingerprint density at radius 2 is 0.793 bits per heavy atom. The Morgan fingerprint density at radius 1 is 0.483 bits per heavy atom. The highest BCUT2D eigenvalue weighted by Gasteiger charge is 2.62. The van der Waals surface area contributed by atoms with Gasteiger partial charge in [0.1, 0.15) is 0 Å². The second-order valence-electron chi connectivity index (χ2n) is 20.5. The summed E-state index contributed by atoms with van der Waals surface area (Å²) in [6.45, 7) is 33.9. The van der Waals surface area contributed by atoms with Gasteiger partial charge in [-0.05, 0) is 141 Å². The summed E-state index contributed by atoms with van der Waals surface area (Å²) in [5.74, 6) is 0. The molecule has 0 bridgehead atoms. The summed E-state index contributed by atoms with van der Waals surface area (Å²) in [5.41, 5.74) is -12.4. The molecule has 0 aliphatic heterocycles. The van der Waals surface area contributed by atoms with E-state index in [0.717, 1.165) is 24.2 Å². The van der Waals surface area contributed by atoms with Crippen LogP contribution in [-0.2, 0) is 36.1 Å². The summed E-state index contributed by atoms with van der Waals surface area (Å²) in [6, 6.07) is 15.2. The maximum absolute atomic E-state index is 13.6. The van der Waals surface area contributed by atoms with Gasteiger partial charge in [0.25, 0.3) is 19.7 Å². The Kier molecular flexibility index (Phi) is 19.0. The third-order valence-electron chi connectivity index (χ3n) is 9.91. The maximum Gasteiger partial charge on any atom is 0.498 e. The maximum atomic E-state index is 13.6. The molecular formula is C34H72F6O8S2Si8. The standard InChI is InChI=1S/C34H72F6O8S2Si8/c1-51(2,3)45-53(7,8)25-26-55(11,12)47-58(16,24-20-23-32(49(41,42)33(35,36)37)50(43,44)34(38,39)40)48-56(13,14)28-30-57(15,31-21-18-17-19-22-31)29-27-54(9,10)46-52(4,5)6/h17-19,21-22,32H,20,23-30H2,1-16H3/t57-,58?/m1/s1. The number of rotatable bonds is 24. The number of benzene rings is 1. The molecule has 0 aliphatic rings. The van der Waals surface area contributed by atoms with Crippen molar-refractivity contribution in [3.05, 3.63) is 30.3 Å². The predicted octanol–water partition coefficient (Wildman–Crippen LogP) is 11.6. The summed E-state index contributed by atoms with van der Waals surface area (Å²) in [4.78, 5) is 0. The van der Waals surface area contributed by atoms with Gasteiger partial charge in [-0.2, -0.15) is 26.3 Å². The van der Waals surface area contributed by atoms with Gasteiger partial charge >= 0.3 is 19.6 Å². The van der Waals surface area contributed by atoms with Gasteiger partial charge in [0.05, 0.1) is 8.07 Å². The molecule has 2 atom stereocenters. The van der Waals surface area contributed by atoms with Crippen molar-refractivity contribution in [1.82, 2.24) is 0 Å². The molecule has 0 spiro atoms. The normalized spacial score (nSPS) is 17.0. The molecule has 8 nitrogen and oxygen atoms in total. The Labute approximate surface area is 354 Å². The van der Waals surface area contributed by atoms with E-state index in [1.54, 1.807) is 6.55 Å². The van der Waals surface area contributed by atoms with Crippen LogP contribution in [0.5, 0.6) is 0 Å². The smallest absolute Gasteiger partial charge is 0.456 e. The number of sulfone groups is 2. The second-order valence-corrected chi connectivity index (χ2v) is 60.3. The van der Waals surface area contributed by atoms with Crippen molar-refractivity contribution in [2.24, 2.45) is 0 Å². The van der Waals surface area contributed by atoms with E-state index in [0.29, 0.717) is 12.1 Å². The van der Waals surface area contributed by atoms with Crippen LogP contribution in [0.1, 0.15) is 12.8 Å². The zero-order valence-corrected chi connectivity index (χ0v) is 47.3. The van der Waals surface area contributed by atoms with E-state index >= 15 is 0 Å². The quantitative estimate of drug-likeness (QED) is 0.0745. The fourth-order valence-electron chi connectivity index (χ4n) is 7.53. The number of hydrogen-bond acceptors (Lipinski definition) is 8. The fourth-order valence-corrected chi connectivity index (χ4v) is 53.4. The lowest BCUT2D eigenvalue weighted by molar-refractivity contribution is -0.0472. The SMILES string of the molecule is C[Si](C)(C)O[Si](C)(C)CC[Si](C)(C)O[Si](C)(CCCC(S(=O)(=O)C(F)(F)F)S(=O)(=O)C(F)(F)F)O[Si](C)(C)CC[Si@@](C)(CC[Si](C)(C)O[Si](C)(C)C)c1ccccc1. The summed E-state index contributed by atoms with van der Waals surface area (Å²) in [5, 5.41) is 1.30. The van der Waals surface area contributed by atoms with E-state index in [1.165, 1.54) is 5.19 Å². The van der Waals surface area contributed by atoms with Crippen LogP contribution in [0.2, 0.25) is 147 Å². The Bertz CT molecular complexity index is 1660. The van der Waals surface area contributed by atoms with E-state index in [2.05, 4.69) is 84.1 Å². The van der Waals surface area contributed by atoms with Gasteiger partial charge in [-0.25, -0.2) is 16.8 Å². The molecule has 0 fully saturated rings. The van der Waals surface area contributed by atoms with Crippen LogP contribution >= 0.6 is 0 Å². The van der Waals surface area contributed by atoms with Crippen molar-refractivity contribution in [2.45, 2.75) is 176 Å². The first-order valence-electron chi connectivity index (χ1n) is 19.9. The van der Waals surface area contributed by atoms with Gasteiger partial charge < -0.3 is 16.5 Å². The summed E-state index contributed by atoms with van der Waals surface area (Å²) in [6.07, 6.45) is -2.01. The molecule has 0 N–H and O–H groups in total. The lowest BCUT2D eigenvalue weighted by Crippen LogP contribution is -2.55. The Balaban J connectivity index is 3.60. The molecule has 24 heteroatoms. The first-order valence-corrected chi connectivity index (χ1v) is 47.7. The lowest BCUT2D eigenvalue weighted by Gasteiger charge is -2.43. The van der Waals surface area contributed by atoms with E-state index in [9.17, 15) is 43.2 Å². The van der Waals surface area contributed by atoms with Crippen LogP contribution in [0.4, 0.5) is 26.3 Å². The van der Waals surface area contributed by atoms with Gasteiger partial charge in [0.15, 0.2) is 54.5 Å². The third kappa shape index (κ3) is 18.6. The highest BCUT2D eigenvalue weighted by molar-refractivity contribution is 8.09. The minimum atomic E-state index is -6.75. The molecule has 342 valence electrons. The predicted molar refractivity (Wildman–Crippen MR) is 247 cm³/mol.